The molecule has 0 saturated heterocycles. The van der Waals surface area contributed by atoms with E-state index in [1.54, 1.807) is 7.11 Å². The summed E-state index contributed by atoms with van der Waals surface area (Å²) in [5.74, 6) is 1.41. The predicted octanol–water partition coefficient (Wildman–Crippen LogP) is 4.63. The molecule has 0 bridgehead atoms. The summed E-state index contributed by atoms with van der Waals surface area (Å²) in [7, 11) is 3.11. The molecule has 5 nitrogen and oxygen atoms in total. The van der Waals surface area contributed by atoms with Crippen LogP contribution in [0.4, 0.5) is 0 Å². The number of rotatable bonds is 8. The van der Waals surface area contributed by atoms with Gasteiger partial charge in [0.15, 0.2) is 11.5 Å². The monoisotopic (exact) mass is 385 g/mol. The van der Waals surface area contributed by atoms with Crippen molar-refractivity contribution < 1.29 is 19.0 Å². The minimum atomic E-state index is -0.183. The molecule has 2 aliphatic carbocycles. The minimum Gasteiger partial charge on any atom is -0.493 e. The van der Waals surface area contributed by atoms with Crippen molar-refractivity contribution >= 4 is 12.7 Å². The van der Waals surface area contributed by atoms with Gasteiger partial charge in [0.1, 0.15) is 0 Å². The van der Waals surface area contributed by atoms with Crippen LogP contribution in [-0.2, 0) is 14.9 Å². The number of ether oxygens (including phenoxy) is 3. The second kappa shape index (κ2) is 9.26. The van der Waals surface area contributed by atoms with E-state index in [1.165, 1.54) is 25.5 Å². The van der Waals surface area contributed by atoms with Crippen LogP contribution in [0.15, 0.2) is 34.8 Å². The van der Waals surface area contributed by atoms with E-state index in [0.29, 0.717) is 13.0 Å². The van der Waals surface area contributed by atoms with Crippen LogP contribution in [0.5, 0.6) is 11.5 Å². The fourth-order valence-electron chi connectivity index (χ4n) is 4.36. The van der Waals surface area contributed by atoms with Gasteiger partial charge in [0.05, 0.1) is 26.7 Å². The maximum atomic E-state index is 11.6. The van der Waals surface area contributed by atoms with Crippen LogP contribution in [0.1, 0.15) is 56.9 Å². The first kappa shape index (κ1) is 20.4. The molecule has 1 aromatic rings. The highest BCUT2D eigenvalue weighted by Crippen LogP contribution is 2.43. The lowest BCUT2D eigenvalue weighted by Crippen LogP contribution is -2.32. The van der Waals surface area contributed by atoms with Crippen LogP contribution in [0.3, 0.4) is 0 Å². The van der Waals surface area contributed by atoms with Gasteiger partial charge in [0.2, 0.25) is 0 Å². The first-order valence-electron chi connectivity index (χ1n) is 10.1. The summed E-state index contributed by atoms with van der Waals surface area (Å²) in [5.41, 5.74) is 2.21. The fraction of sp³-hybridized carbons (Fsp3) is 0.565. The molecule has 0 spiro atoms. The number of esters is 1. The summed E-state index contributed by atoms with van der Waals surface area (Å²) in [4.78, 5) is 15.8. The smallest absolute Gasteiger partial charge is 0.309 e. The first-order valence-corrected chi connectivity index (χ1v) is 10.1. The summed E-state index contributed by atoms with van der Waals surface area (Å²) in [6.45, 7) is 4.39. The van der Waals surface area contributed by atoms with Crippen molar-refractivity contribution in [3.8, 4) is 11.5 Å². The standard InChI is InChI=1S/C23H31NO4/c1-24-16-23(12-10-17(11-13-23)14-22(25)27-3)18-8-9-20(26-2)21(15-18)28-19-6-4-5-7-19/h8-10,15,19H,1,4-7,11-14,16H2,2-3H3. The molecule has 1 fully saturated rings. The Hall–Kier alpha value is -2.30. The van der Waals surface area contributed by atoms with Crippen molar-refractivity contribution in [2.24, 2.45) is 4.99 Å². The van der Waals surface area contributed by atoms with Crippen molar-refractivity contribution in [1.29, 1.82) is 0 Å². The molecule has 0 heterocycles. The maximum Gasteiger partial charge on any atom is 0.309 e. The molecule has 2 aliphatic rings. The van der Waals surface area contributed by atoms with Gasteiger partial charge in [-0.15, -0.1) is 0 Å². The zero-order valence-corrected chi connectivity index (χ0v) is 17.0. The average molecular weight is 386 g/mol. The van der Waals surface area contributed by atoms with E-state index in [-0.39, 0.29) is 17.5 Å². The number of hydrogen-bond donors (Lipinski definition) is 0. The maximum absolute atomic E-state index is 11.6. The number of allylic oxidation sites excluding steroid dienone is 1. The molecule has 1 atom stereocenters. The molecule has 0 amide bonds. The zero-order chi connectivity index (χ0) is 20.0. The summed E-state index contributed by atoms with van der Waals surface area (Å²) < 4.78 is 16.6. The molecule has 0 aliphatic heterocycles. The highest BCUT2D eigenvalue weighted by atomic mass is 16.5. The first-order chi connectivity index (χ1) is 13.6. The Balaban J connectivity index is 1.85. The molecular weight excluding hydrogens is 354 g/mol. The van der Waals surface area contributed by atoms with Gasteiger partial charge in [-0.05, 0) is 69.4 Å². The molecule has 3 rings (SSSR count). The Labute approximate surface area is 167 Å². The van der Waals surface area contributed by atoms with Crippen LogP contribution >= 0.6 is 0 Å². The topological polar surface area (TPSA) is 57.1 Å². The van der Waals surface area contributed by atoms with Crippen LogP contribution in [0.2, 0.25) is 0 Å². The molecule has 28 heavy (non-hydrogen) atoms. The lowest BCUT2D eigenvalue weighted by molar-refractivity contribution is -0.139. The number of hydrogen-bond acceptors (Lipinski definition) is 5. The van der Waals surface area contributed by atoms with Gasteiger partial charge < -0.3 is 14.2 Å². The van der Waals surface area contributed by atoms with E-state index < -0.39 is 0 Å². The number of aliphatic imine (C=N–C) groups is 1. The van der Waals surface area contributed by atoms with Gasteiger partial charge in [-0.2, -0.15) is 0 Å². The van der Waals surface area contributed by atoms with E-state index >= 15 is 0 Å². The van der Waals surface area contributed by atoms with E-state index in [9.17, 15) is 4.79 Å². The van der Waals surface area contributed by atoms with Gasteiger partial charge in [-0.25, -0.2) is 0 Å². The Morgan fingerprint density at radius 3 is 2.64 bits per heavy atom. The molecule has 5 heteroatoms. The van der Waals surface area contributed by atoms with E-state index in [1.807, 2.05) is 6.07 Å². The molecule has 1 aromatic carbocycles. The largest absolute Gasteiger partial charge is 0.493 e. The molecule has 0 N–H and O–H groups in total. The average Bonchev–Trinajstić information content (AvgIpc) is 3.22. The summed E-state index contributed by atoms with van der Waals surface area (Å²) in [5, 5.41) is 0. The van der Waals surface area contributed by atoms with Crippen LogP contribution in [0.25, 0.3) is 0 Å². The van der Waals surface area contributed by atoms with Crippen LogP contribution in [0, 0.1) is 0 Å². The van der Waals surface area contributed by atoms with Crippen molar-refractivity contribution in [2.75, 3.05) is 20.8 Å². The van der Waals surface area contributed by atoms with E-state index in [2.05, 4.69) is 29.9 Å². The Morgan fingerprint density at radius 1 is 1.25 bits per heavy atom. The minimum absolute atomic E-state index is 0.124. The number of carbonyl (C=O) groups excluding carboxylic acids is 1. The number of benzene rings is 1. The molecule has 1 saturated carbocycles. The third kappa shape index (κ3) is 4.57. The second-order valence-electron chi connectivity index (χ2n) is 7.87. The Bertz CT molecular complexity index is 736. The van der Waals surface area contributed by atoms with Crippen molar-refractivity contribution in [3.05, 3.63) is 35.4 Å². The Kier molecular flexibility index (Phi) is 6.76. The Morgan fingerprint density at radius 2 is 2.04 bits per heavy atom. The summed E-state index contributed by atoms with van der Waals surface area (Å²) in [6, 6.07) is 6.24. The van der Waals surface area contributed by atoms with Gasteiger partial charge in [0.25, 0.3) is 0 Å². The lowest BCUT2D eigenvalue weighted by atomic mass is 9.69. The quantitative estimate of drug-likeness (QED) is 0.372. The predicted molar refractivity (Wildman–Crippen MR) is 111 cm³/mol. The normalized spacial score (nSPS) is 22.4. The SMILES string of the molecule is C=NCC1(c2ccc(OC)c(OC3CCCC3)c2)CC=C(CC(=O)OC)CC1. The summed E-state index contributed by atoms with van der Waals surface area (Å²) in [6.07, 6.45) is 10.1. The van der Waals surface area contributed by atoms with Crippen molar-refractivity contribution in [3.63, 3.8) is 0 Å². The molecule has 152 valence electrons. The third-order valence-electron chi connectivity index (χ3n) is 6.09. The van der Waals surface area contributed by atoms with Gasteiger partial charge in [0, 0.05) is 12.0 Å². The second-order valence-corrected chi connectivity index (χ2v) is 7.87. The van der Waals surface area contributed by atoms with Crippen LogP contribution in [-0.4, -0.2) is 39.6 Å². The van der Waals surface area contributed by atoms with Gasteiger partial charge >= 0.3 is 5.97 Å². The number of carbonyl (C=O) groups is 1. The molecule has 1 unspecified atom stereocenters. The van der Waals surface area contributed by atoms with Crippen LogP contribution < -0.4 is 9.47 Å². The summed E-state index contributed by atoms with van der Waals surface area (Å²) >= 11 is 0. The van der Waals surface area contributed by atoms with Gasteiger partial charge in [-0.1, -0.05) is 17.7 Å². The highest BCUT2D eigenvalue weighted by molar-refractivity contribution is 5.72. The van der Waals surface area contributed by atoms with E-state index in [0.717, 1.165) is 49.2 Å². The van der Waals surface area contributed by atoms with Gasteiger partial charge in [-0.3, -0.25) is 9.79 Å². The number of nitrogens with zero attached hydrogens (tertiary/aromatic N) is 1. The fourth-order valence-corrected chi connectivity index (χ4v) is 4.36. The molecular formula is C23H31NO4. The highest BCUT2D eigenvalue weighted by Gasteiger charge is 2.35. The molecule has 0 radical (unpaired) electrons. The number of methoxy groups -OCH3 is 2. The lowest BCUT2D eigenvalue weighted by Gasteiger charge is -2.36. The van der Waals surface area contributed by atoms with Crippen molar-refractivity contribution in [2.45, 2.75) is 62.9 Å². The molecule has 0 aromatic heterocycles. The van der Waals surface area contributed by atoms with Crippen molar-refractivity contribution in [1.82, 2.24) is 0 Å². The third-order valence-corrected chi connectivity index (χ3v) is 6.09. The van der Waals surface area contributed by atoms with E-state index in [4.69, 9.17) is 14.2 Å². The zero-order valence-electron chi connectivity index (χ0n) is 17.0.